The van der Waals surface area contributed by atoms with Gasteiger partial charge in [-0.2, -0.15) is 0 Å². The fourth-order valence-electron chi connectivity index (χ4n) is 2.30. The molecule has 0 atom stereocenters. The van der Waals surface area contributed by atoms with Crippen LogP contribution >= 0.6 is 12.2 Å². The molecular formula is C13H13N5OS. The van der Waals surface area contributed by atoms with Crippen LogP contribution in [0.4, 0.5) is 0 Å². The van der Waals surface area contributed by atoms with Crippen LogP contribution in [0.15, 0.2) is 23.4 Å². The van der Waals surface area contributed by atoms with Crippen molar-refractivity contribution >= 4 is 23.3 Å². The van der Waals surface area contributed by atoms with E-state index in [0.717, 1.165) is 11.1 Å². The van der Waals surface area contributed by atoms with E-state index in [1.165, 1.54) is 0 Å². The summed E-state index contributed by atoms with van der Waals surface area (Å²) < 4.78 is 2.01. The lowest BCUT2D eigenvalue weighted by Gasteiger charge is -2.11. The van der Waals surface area contributed by atoms with Crippen LogP contribution in [0.25, 0.3) is 22.3 Å². The number of pyridine rings is 1. The molecule has 0 saturated carbocycles. The number of nitrogens with one attached hydrogen (secondary N) is 2. The summed E-state index contributed by atoms with van der Waals surface area (Å²) in [6, 6.07) is 1.82. The van der Waals surface area contributed by atoms with Crippen molar-refractivity contribution in [2.75, 3.05) is 0 Å². The van der Waals surface area contributed by atoms with Gasteiger partial charge in [0.25, 0.3) is 5.56 Å². The van der Waals surface area contributed by atoms with Gasteiger partial charge in [-0.15, -0.1) is 0 Å². The lowest BCUT2D eigenvalue weighted by molar-refractivity contribution is 0.748. The van der Waals surface area contributed by atoms with E-state index in [2.05, 4.69) is 19.9 Å². The van der Waals surface area contributed by atoms with Gasteiger partial charge < -0.3 is 9.97 Å². The predicted molar refractivity (Wildman–Crippen MR) is 79.2 cm³/mol. The van der Waals surface area contributed by atoms with Crippen molar-refractivity contribution in [1.82, 2.24) is 24.5 Å². The number of nitrogens with zero attached hydrogens (tertiary/aromatic N) is 3. The summed E-state index contributed by atoms with van der Waals surface area (Å²) in [7, 11) is 0. The number of hydrogen-bond acceptors (Lipinski definition) is 4. The minimum atomic E-state index is -0.100. The minimum absolute atomic E-state index is 0.100. The maximum absolute atomic E-state index is 12.6. The summed E-state index contributed by atoms with van der Waals surface area (Å²) in [6.07, 6.45) is 3.19. The van der Waals surface area contributed by atoms with Crippen LogP contribution in [-0.2, 0) is 6.54 Å². The average molecular weight is 287 g/mol. The van der Waals surface area contributed by atoms with Gasteiger partial charge >= 0.3 is 0 Å². The van der Waals surface area contributed by atoms with Crippen LogP contribution in [0.2, 0.25) is 0 Å². The Balaban J connectivity index is 2.49. The summed E-state index contributed by atoms with van der Waals surface area (Å²) in [6.45, 7) is 4.36. The number of imidazole rings is 1. The molecule has 0 unspecified atom stereocenters. The van der Waals surface area contributed by atoms with Crippen LogP contribution in [0.1, 0.15) is 12.6 Å². The third kappa shape index (κ3) is 1.87. The molecule has 3 aromatic rings. The number of aromatic nitrogens is 5. The van der Waals surface area contributed by atoms with Crippen LogP contribution in [0.3, 0.4) is 0 Å². The molecule has 0 aliphatic carbocycles. The molecule has 0 radical (unpaired) electrons. The summed E-state index contributed by atoms with van der Waals surface area (Å²) in [5, 5.41) is 0.879. The highest BCUT2D eigenvalue weighted by molar-refractivity contribution is 7.71. The monoisotopic (exact) mass is 287 g/mol. The first-order chi connectivity index (χ1) is 9.61. The third-order valence-electron chi connectivity index (χ3n) is 3.27. The number of aromatic amines is 2. The van der Waals surface area contributed by atoms with Crippen molar-refractivity contribution in [2.45, 2.75) is 20.4 Å². The van der Waals surface area contributed by atoms with Crippen LogP contribution in [-0.4, -0.2) is 24.5 Å². The molecule has 6 nitrogen and oxygen atoms in total. The van der Waals surface area contributed by atoms with Crippen molar-refractivity contribution in [3.05, 3.63) is 39.4 Å². The first-order valence-corrected chi connectivity index (χ1v) is 6.66. The highest BCUT2D eigenvalue weighted by atomic mass is 32.1. The van der Waals surface area contributed by atoms with Crippen molar-refractivity contribution in [3.8, 4) is 11.3 Å². The second kappa shape index (κ2) is 4.68. The molecule has 0 aromatic carbocycles. The number of rotatable bonds is 2. The molecule has 20 heavy (non-hydrogen) atoms. The Morgan fingerprint density at radius 3 is 2.90 bits per heavy atom. The number of fused-ring (bicyclic) bond motifs is 1. The molecule has 0 saturated heterocycles. The molecular weight excluding hydrogens is 274 g/mol. The van der Waals surface area contributed by atoms with Crippen molar-refractivity contribution in [3.63, 3.8) is 0 Å². The summed E-state index contributed by atoms with van der Waals surface area (Å²) in [5.41, 5.74) is 2.68. The van der Waals surface area contributed by atoms with Gasteiger partial charge in [0.2, 0.25) is 0 Å². The van der Waals surface area contributed by atoms with Crippen LogP contribution < -0.4 is 5.56 Å². The highest BCUT2D eigenvalue weighted by Crippen LogP contribution is 2.19. The second-order valence-electron chi connectivity index (χ2n) is 4.48. The predicted octanol–water partition coefficient (Wildman–Crippen LogP) is 2.17. The van der Waals surface area contributed by atoms with Gasteiger partial charge in [-0.1, -0.05) is 0 Å². The lowest BCUT2D eigenvalue weighted by Crippen LogP contribution is -2.22. The van der Waals surface area contributed by atoms with Crippen molar-refractivity contribution < 1.29 is 0 Å². The van der Waals surface area contributed by atoms with Crippen molar-refractivity contribution in [2.24, 2.45) is 0 Å². The topological polar surface area (TPSA) is 79.4 Å². The largest absolute Gasteiger partial charge is 0.344 e. The zero-order valence-corrected chi connectivity index (χ0v) is 11.9. The first kappa shape index (κ1) is 12.7. The fourth-order valence-corrected chi connectivity index (χ4v) is 2.54. The first-order valence-electron chi connectivity index (χ1n) is 6.25. The maximum Gasteiger partial charge on any atom is 0.261 e. The maximum atomic E-state index is 12.6. The molecule has 0 fully saturated rings. The summed E-state index contributed by atoms with van der Waals surface area (Å²) in [4.78, 5) is 26.8. The van der Waals surface area contributed by atoms with Gasteiger partial charge in [-0.3, -0.25) is 9.36 Å². The molecule has 7 heteroatoms. The number of hydrogen-bond donors (Lipinski definition) is 2. The van der Waals surface area contributed by atoms with Gasteiger partial charge in [-0.25, -0.2) is 9.97 Å². The average Bonchev–Trinajstić information content (AvgIpc) is 2.92. The molecule has 0 aliphatic rings. The Hall–Kier alpha value is -2.28. The van der Waals surface area contributed by atoms with Gasteiger partial charge in [-0.05, 0) is 32.1 Å². The van der Waals surface area contributed by atoms with E-state index in [4.69, 9.17) is 12.2 Å². The molecule has 3 rings (SSSR count). The smallest absolute Gasteiger partial charge is 0.261 e. The third-order valence-corrected chi connectivity index (χ3v) is 3.46. The van der Waals surface area contributed by atoms with E-state index in [1.807, 2.05) is 19.9 Å². The molecule has 0 bridgehead atoms. The van der Waals surface area contributed by atoms with E-state index in [1.54, 1.807) is 17.1 Å². The van der Waals surface area contributed by atoms with Crippen molar-refractivity contribution in [1.29, 1.82) is 0 Å². The molecule has 3 heterocycles. The summed E-state index contributed by atoms with van der Waals surface area (Å²) in [5.74, 6) is 0. The molecule has 102 valence electrons. The standard InChI is InChI=1S/C13H13N5OS/c1-3-18-11-8(7(2)16-13(20)17-11)4-9(12(18)19)10-5-14-6-15-10/h4-6H,3H2,1-2H3,(H,14,15)(H,16,17,20). The lowest BCUT2D eigenvalue weighted by atomic mass is 10.1. The molecule has 3 aromatic heterocycles. The number of aryl methyl sites for hydroxylation is 2. The fraction of sp³-hybridized carbons (Fsp3) is 0.231. The van der Waals surface area contributed by atoms with E-state index in [-0.39, 0.29) is 5.56 Å². The van der Waals surface area contributed by atoms with E-state index < -0.39 is 0 Å². The molecule has 0 amide bonds. The Bertz CT molecular complexity index is 892. The van der Waals surface area contributed by atoms with Crippen LogP contribution in [0, 0.1) is 11.7 Å². The quantitative estimate of drug-likeness (QED) is 0.708. The van der Waals surface area contributed by atoms with E-state index in [0.29, 0.717) is 28.2 Å². The highest BCUT2D eigenvalue weighted by Gasteiger charge is 2.13. The Morgan fingerprint density at radius 1 is 1.45 bits per heavy atom. The van der Waals surface area contributed by atoms with Crippen LogP contribution in [0.5, 0.6) is 0 Å². The normalized spacial score (nSPS) is 11.1. The van der Waals surface area contributed by atoms with Gasteiger partial charge in [0.05, 0.1) is 23.8 Å². The van der Waals surface area contributed by atoms with E-state index in [9.17, 15) is 4.79 Å². The van der Waals surface area contributed by atoms with Gasteiger partial charge in [0.1, 0.15) is 5.65 Å². The second-order valence-corrected chi connectivity index (χ2v) is 4.86. The molecule has 0 spiro atoms. The Labute approximate surface area is 119 Å². The molecule has 2 N–H and O–H groups in total. The minimum Gasteiger partial charge on any atom is -0.344 e. The van der Waals surface area contributed by atoms with E-state index >= 15 is 0 Å². The summed E-state index contributed by atoms with van der Waals surface area (Å²) >= 11 is 5.09. The number of H-pyrrole nitrogens is 2. The zero-order chi connectivity index (χ0) is 14.3. The van der Waals surface area contributed by atoms with Gasteiger partial charge in [0, 0.05) is 17.6 Å². The Kier molecular flexibility index (Phi) is 2.98. The Morgan fingerprint density at radius 2 is 2.25 bits per heavy atom. The zero-order valence-electron chi connectivity index (χ0n) is 11.1. The SMILES string of the molecule is CCn1c(=O)c(-c2cnc[nH]2)cc2c(C)[nH]c(=S)nc21. The molecule has 0 aliphatic heterocycles. The van der Waals surface area contributed by atoms with Gasteiger partial charge in [0.15, 0.2) is 4.77 Å².